The van der Waals surface area contributed by atoms with Crippen LogP contribution in [0.3, 0.4) is 0 Å². The maximum absolute atomic E-state index is 5.29. The quantitative estimate of drug-likeness (QED) is 0.413. The number of likely N-dealkylation sites (N-methyl/N-ethyl adjacent to an activating group) is 1. The summed E-state index contributed by atoms with van der Waals surface area (Å²) >= 11 is 0. The SMILES string of the molecule is C[N+](C)(C)CCOC1CO1. The predicted octanol–water partition coefficient (Wildman–Crippen LogP) is 0.0655. The number of epoxide rings is 1. The van der Waals surface area contributed by atoms with E-state index in [9.17, 15) is 0 Å². The van der Waals surface area contributed by atoms with Crippen LogP contribution < -0.4 is 0 Å². The van der Waals surface area contributed by atoms with Crippen LogP contribution in [0.1, 0.15) is 0 Å². The fraction of sp³-hybridized carbons (Fsp3) is 1.00. The highest BCUT2D eigenvalue weighted by Gasteiger charge is 2.23. The third kappa shape index (κ3) is 3.82. The van der Waals surface area contributed by atoms with Crippen LogP contribution in [-0.2, 0) is 9.47 Å². The molecule has 1 aliphatic heterocycles. The minimum Gasteiger partial charge on any atom is -0.345 e. The summed E-state index contributed by atoms with van der Waals surface area (Å²) < 4.78 is 11.1. The zero-order valence-corrected chi connectivity index (χ0v) is 6.96. The van der Waals surface area contributed by atoms with Crippen molar-refractivity contribution in [3.05, 3.63) is 0 Å². The van der Waals surface area contributed by atoms with Crippen molar-refractivity contribution < 1.29 is 14.0 Å². The maximum atomic E-state index is 5.29. The van der Waals surface area contributed by atoms with Gasteiger partial charge in [0.2, 0.25) is 0 Å². The van der Waals surface area contributed by atoms with Crippen molar-refractivity contribution in [1.82, 2.24) is 0 Å². The molecule has 3 nitrogen and oxygen atoms in total. The summed E-state index contributed by atoms with van der Waals surface area (Å²) in [7, 11) is 6.45. The Morgan fingerprint density at radius 1 is 1.50 bits per heavy atom. The van der Waals surface area contributed by atoms with E-state index in [1.807, 2.05) is 0 Å². The molecule has 0 radical (unpaired) electrons. The van der Waals surface area contributed by atoms with Crippen molar-refractivity contribution in [2.75, 3.05) is 40.9 Å². The lowest BCUT2D eigenvalue weighted by atomic mass is 10.5. The van der Waals surface area contributed by atoms with Crippen LogP contribution in [0.5, 0.6) is 0 Å². The van der Waals surface area contributed by atoms with Crippen molar-refractivity contribution in [1.29, 1.82) is 0 Å². The first-order valence-electron chi connectivity index (χ1n) is 3.61. The van der Waals surface area contributed by atoms with Gasteiger partial charge in [-0.15, -0.1) is 0 Å². The van der Waals surface area contributed by atoms with Crippen LogP contribution in [0.4, 0.5) is 0 Å². The van der Waals surface area contributed by atoms with Crippen molar-refractivity contribution >= 4 is 0 Å². The van der Waals surface area contributed by atoms with Gasteiger partial charge < -0.3 is 14.0 Å². The highest BCUT2D eigenvalue weighted by atomic mass is 16.8. The molecule has 0 aliphatic carbocycles. The lowest BCUT2D eigenvalue weighted by molar-refractivity contribution is -0.870. The molecule has 0 bridgehead atoms. The molecule has 0 N–H and O–H groups in total. The second-order valence-electron chi connectivity index (χ2n) is 3.65. The van der Waals surface area contributed by atoms with Crippen LogP contribution in [0.2, 0.25) is 0 Å². The van der Waals surface area contributed by atoms with E-state index in [1.54, 1.807) is 0 Å². The average molecular weight is 146 g/mol. The van der Waals surface area contributed by atoms with E-state index in [0.717, 1.165) is 24.2 Å². The first kappa shape index (κ1) is 7.98. The summed E-state index contributed by atoms with van der Waals surface area (Å²) in [6, 6.07) is 0. The van der Waals surface area contributed by atoms with E-state index < -0.39 is 0 Å². The Bertz CT molecular complexity index is 105. The molecular weight excluding hydrogens is 130 g/mol. The smallest absolute Gasteiger partial charge is 0.181 e. The number of hydrogen-bond donors (Lipinski definition) is 0. The maximum Gasteiger partial charge on any atom is 0.181 e. The Kier molecular flexibility index (Phi) is 2.28. The Balaban J connectivity index is 1.93. The molecule has 0 amide bonds. The predicted molar refractivity (Wildman–Crippen MR) is 38.6 cm³/mol. The highest BCUT2D eigenvalue weighted by Crippen LogP contribution is 2.09. The van der Waals surface area contributed by atoms with Gasteiger partial charge in [-0.25, -0.2) is 0 Å². The largest absolute Gasteiger partial charge is 0.345 e. The second-order valence-corrected chi connectivity index (χ2v) is 3.65. The summed E-state index contributed by atoms with van der Waals surface area (Å²) in [6.07, 6.45) is 0.117. The van der Waals surface area contributed by atoms with Crippen LogP contribution in [0, 0.1) is 0 Å². The normalized spacial score (nSPS) is 24.9. The molecule has 0 aromatic heterocycles. The molecule has 10 heavy (non-hydrogen) atoms. The fourth-order valence-electron chi connectivity index (χ4n) is 0.594. The van der Waals surface area contributed by atoms with Gasteiger partial charge in [-0.05, 0) is 0 Å². The number of nitrogens with zero attached hydrogens (tertiary/aromatic N) is 1. The molecule has 3 heteroatoms. The summed E-state index contributed by atoms with van der Waals surface area (Å²) in [5.74, 6) is 0. The zero-order chi connectivity index (χ0) is 7.61. The summed E-state index contributed by atoms with van der Waals surface area (Å²) in [4.78, 5) is 0. The third-order valence-electron chi connectivity index (χ3n) is 1.37. The van der Waals surface area contributed by atoms with Gasteiger partial charge in [0.15, 0.2) is 6.29 Å². The Hall–Kier alpha value is -0.120. The van der Waals surface area contributed by atoms with Gasteiger partial charge in [-0.2, -0.15) is 0 Å². The second kappa shape index (κ2) is 2.86. The van der Waals surface area contributed by atoms with E-state index in [2.05, 4.69) is 21.1 Å². The van der Waals surface area contributed by atoms with Crippen LogP contribution in [-0.4, -0.2) is 51.7 Å². The van der Waals surface area contributed by atoms with E-state index in [1.165, 1.54) is 0 Å². The Morgan fingerprint density at radius 3 is 2.50 bits per heavy atom. The minimum absolute atomic E-state index is 0.117. The standard InChI is InChI=1S/C7H16NO2/c1-8(2,3)4-5-9-7-6-10-7/h7H,4-6H2,1-3H3/q+1. The van der Waals surface area contributed by atoms with E-state index in [-0.39, 0.29) is 6.29 Å². The first-order valence-corrected chi connectivity index (χ1v) is 3.61. The molecule has 1 aliphatic rings. The van der Waals surface area contributed by atoms with Crippen LogP contribution >= 0.6 is 0 Å². The van der Waals surface area contributed by atoms with Gasteiger partial charge in [0, 0.05) is 0 Å². The molecular formula is C7H16NO2+. The van der Waals surface area contributed by atoms with Crippen LogP contribution in [0.25, 0.3) is 0 Å². The van der Waals surface area contributed by atoms with Crippen molar-refractivity contribution in [3.63, 3.8) is 0 Å². The average Bonchev–Trinajstić information content (AvgIpc) is 2.45. The van der Waals surface area contributed by atoms with Crippen molar-refractivity contribution in [3.8, 4) is 0 Å². The molecule has 1 unspecified atom stereocenters. The molecule has 0 aromatic carbocycles. The Morgan fingerprint density at radius 2 is 2.10 bits per heavy atom. The number of ether oxygens (including phenoxy) is 2. The van der Waals surface area contributed by atoms with Gasteiger partial charge in [0.1, 0.15) is 13.2 Å². The van der Waals surface area contributed by atoms with Gasteiger partial charge in [-0.1, -0.05) is 0 Å². The lowest BCUT2D eigenvalue weighted by Gasteiger charge is -2.23. The first-order chi connectivity index (χ1) is 4.58. The van der Waals surface area contributed by atoms with E-state index in [4.69, 9.17) is 9.47 Å². The molecule has 0 aromatic rings. The number of hydrogen-bond acceptors (Lipinski definition) is 2. The summed E-state index contributed by atoms with van der Waals surface area (Å²) in [6.45, 7) is 2.63. The van der Waals surface area contributed by atoms with Gasteiger partial charge >= 0.3 is 0 Å². The van der Waals surface area contributed by atoms with Crippen LogP contribution in [0.15, 0.2) is 0 Å². The monoisotopic (exact) mass is 146 g/mol. The molecule has 0 spiro atoms. The van der Waals surface area contributed by atoms with Gasteiger partial charge in [0.25, 0.3) is 0 Å². The minimum atomic E-state index is 0.117. The highest BCUT2D eigenvalue weighted by molar-refractivity contribution is 4.54. The molecule has 0 saturated carbocycles. The number of rotatable bonds is 4. The topological polar surface area (TPSA) is 21.8 Å². The summed E-state index contributed by atoms with van der Waals surface area (Å²) in [5.41, 5.74) is 0. The zero-order valence-electron chi connectivity index (χ0n) is 6.96. The molecule has 1 rings (SSSR count). The Labute approximate surface area is 62.1 Å². The molecule has 1 heterocycles. The van der Waals surface area contributed by atoms with Crippen molar-refractivity contribution in [2.45, 2.75) is 6.29 Å². The van der Waals surface area contributed by atoms with Gasteiger partial charge in [0.05, 0.1) is 27.7 Å². The molecule has 60 valence electrons. The molecule has 1 saturated heterocycles. The third-order valence-corrected chi connectivity index (χ3v) is 1.37. The van der Waals surface area contributed by atoms with E-state index >= 15 is 0 Å². The number of quaternary nitrogens is 1. The fourth-order valence-corrected chi connectivity index (χ4v) is 0.594. The van der Waals surface area contributed by atoms with E-state index in [0.29, 0.717) is 0 Å². The molecule has 1 atom stereocenters. The lowest BCUT2D eigenvalue weighted by Crippen LogP contribution is -2.37. The van der Waals surface area contributed by atoms with Gasteiger partial charge in [-0.3, -0.25) is 0 Å². The molecule has 1 fully saturated rings. The summed E-state index contributed by atoms with van der Waals surface area (Å²) in [5, 5.41) is 0. The van der Waals surface area contributed by atoms with Crippen molar-refractivity contribution in [2.24, 2.45) is 0 Å².